The lowest BCUT2D eigenvalue weighted by Gasteiger charge is -2.18. The molecule has 1 unspecified atom stereocenters. The van der Waals surface area contributed by atoms with Gasteiger partial charge in [0.1, 0.15) is 6.04 Å². The standard InChI is InChI=1S/C12H22N4O3S/c1-5-9-7-11(15-14-9)13-12(17)10(6-8(2)3)16-20(4,18)19/h7-8,10,16H,5-6H2,1-4H3,(H2,13,14,15,17). The molecule has 1 rings (SSSR count). The average Bonchev–Trinajstić information content (AvgIpc) is 2.73. The molecule has 0 aliphatic heterocycles. The molecule has 1 aromatic heterocycles. The van der Waals surface area contributed by atoms with Gasteiger partial charge < -0.3 is 5.32 Å². The summed E-state index contributed by atoms with van der Waals surface area (Å²) in [5, 5.41) is 9.35. The minimum atomic E-state index is -3.44. The highest BCUT2D eigenvalue weighted by Gasteiger charge is 2.23. The molecule has 0 bridgehead atoms. The SMILES string of the molecule is CCc1cc(NC(=O)C(CC(C)C)NS(C)(=O)=O)n[nH]1. The maximum absolute atomic E-state index is 12.1. The maximum atomic E-state index is 12.1. The van der Waals surface area contributed by atoms with Gasteiger partial charge in [0, 0.05) is 11.8 Å². The number of anilines is 1. The van der Waals surface area contributed by atoms with Gasteiger partial charge >= 0.3 is 0 Å². The molecule has 1 heterocycles. The third-order valence-corrected chi connectivity index (χ3v) is 3.36. The molecular weight excluding hydrogens is 280 g/mol. The van der Waals surface area contributed by atoms with Crippen LogP contribution in [0.25, 0.3) is 0 Å². The summed E-state index contributed by atoms with van der Waals surface area (Å²) < 4.78 is 25.0. The van der Waals surface area contributed by atoms with Gasteiger partial charge in [0.2, 0.25) is 15.9 Å². The van der Waals surface area contributed by atoms with Crippen LogP contribution >= 0.6 is 0 Å². The first-order valence-electron chi connectivity index (χ1n) is 6.53. The van der Waals surface area contributed by atoms with Crippen molar-refractivity contribution in [3.8, 4) is 0 Å². The Hall–Kier alpha value is -1.41. The van der Waals surface area contributed by atoms with Crippen LogP contribution in [0.3, 0.4) is 0 Å². The number of carbonyl (C=O) groups is 1. The molecule has 20 heavy (non-hydrogen) atoms. The van der Waals surface area contributed by atoms with Gasteiger partial charge in [0.25, 0.3) is 0 Å². The van der Waals surface area contributed by atoms with Gasteiger partial charge in [-0.1, -0.05) is 20.8 Å². The highest BCUT2D eigenvalue weighted by molar-refractivity contribution is 7.88. The molecule has 0 saturated carbocycles. The third kappa shape index (κ3) is 5.70. The second kappa shape index (κ2) is 6.85. The van der Waals surface area contributed by atoms with E-state index in [1.807, 2.05) is 20.8 Å². The number of hydrogen-bond donors (Lipinski definition) is 3. The number of rotatable bonds is 7. The minimum absolute atomic E-state index is 0.186. The van der Waals surface area contributed by atoms with Gasteiger partial charge in [0.05, 0.1) is 6.26 Å². The van der Waals surface area contributed by atoms with E-state index in [-0.39, 0.29) is 5.92 Å². The molecule has 0 spiro atoms. The predicted octanol–water partition coefficient (Wildman–Crippen LogP) is 0.874. The molecule has 8 heteroatoms. The van der Waals surface area contributed by atoms with Gasteiger partial charge in [-0.05, 0) is 18.8 Å². The first-order valence-corrected chi connectivity index (χ1v) is 8.43. The van der Waals surface area contributed by atoms with Crippen molar-refractivity contribution >= 4 is 21.7 Å². The molecule has 1 aromatic rings. The number of aromatic nitrogens is 2. The molecular formula is C12H22N4O3S. The van der Waals surface area contributed by atoms with Gasteiger partial charge in [-0.3, -0.25) is 9.89 Å². The Morgan fingerprint density at radius 3 is 2.55 bits per heavy atom. The zero-order chi connectivity index (χ0) is 15.3. The van der Waals surface area contributed by atoms with E-state index < -0.39 is 22.0 Å². The van der Waals surface area contributed by atoms with Gasteiger partial charge in [-0.15, -0.1) is 0 Å². The van der Waals surface area contributed by atoms with Crippen molar-refractivity contribution in [1.29, 1.82) is 0 Å². The molecule has 0 saturated heterocycles. The lowest BCUT2D eigenvalue weighted by atomic mass is 10.0. The van der Waals surface area contributed by atoms with Crippen molar-refractivity contribution in [3.63, 3.8) is 0 Å². The summed E-state index contributed by atoms with van der Waals surface area (Å²) in [5.74, 6) is 0.180. The molecule has 0 radical (unpaired) electrons. The first kappa shape index (κ1) is 16.6. The topological polar surface area (TPSA) is 104 Å². The zero-order valence-electron chi connectivity index (χ0n) is 12.2. The highest BCUT2D eigenvalue weighted by atomic mass is 32.2. The number of H-pyrrole nitrogens is 1. The van der Waals surface area contributed by atoms with Crippen LogP contribution in [-0.4, -0.2) is 36.8 Å². The number of carbonyl (C=O) groups excluding carboxylic acids is 1. The molecule has 0 aromatic carbocycles. The lowest BCUT2D eigenvalue weighted by molar-refractivity contribution is -0.118. The molecule has 0 fully saturated rings. The minimum Gasteiger partial charge on any atom is -0.308 e. The second-order valence-corrected chi connectivity index (χ2v) is 6.97. The Labute approximate surface area is 119 Å². The van der Waals surface area contributed by atoms with Crippen LogP contribution in [0.2, 0.25) is 0 Å². The third-order valence-electron chi connectivity index (χ3n) is 2.64. The highest BCUT2D eigenvalue weighted by Crippen LogP contribution is 2.10. The van der Waals surface area contributed by atoms with Crippen molar-refractivity contribution in [2.75, 3.05) is 11.6 Å². The van der Waals surface area contributed by atoms with E-state index in [0.29, 0.717) is 12.2 Å². The van der Waals surface area contributed by atoms with Crippen molar-refractivity contribution < 1.29 is 13.2 Å². The summed E-state index contributed by atoms with van der Waals surface area (Å²) in [4.78, 5) is 12.1. The molecule has 1 atom stereocenters. The molecule has 0 aliphatic rings. The Balaban J connectivity index is 2.76. The van der Waals surface area contributed by atoms with E-state index in [0.717, 1.165) is 18.4 Å². The van der Waals surface area contributed by atoms with Gasteiger partial charge in [-0.25, -0.2) is 13.1 Å². The van der Waals surface area contributed by atoms with Crippen LogP contribution in [0, 0.1) is 5.92 Å². The number of sulfonamides is 1. The number of aromatic amines is 1. The number of amides is 1. The first-order chi connectivity index (χ1) is 9.21. The fourth-order valence-corrected chi connectivity index (χ4v) is 2.48. The summed E-state index contributed by atoms with van der Waals surface area (Å²) in [6.45, 7) is 5.81. The molecule has 0 aliphatic carbocycles. The number of aryl methyl sites for hydroxylation is 1. The van der Waals surface area contributed by atoms with E-state index in [2.05, 4.69) is 20.2 Å². The monoisotopic (exact) mass is 302 g/mol. The van der Waals surface area contributed by atoms with E-state index >= 15 is 0 Å². The summed E-state index contributed by atoms with van der Waals surface area (Å²) in [6.07, 6.45) is 2.24. The number of nitrogens with zero attached hydrogens (tertiary/aromatic N) is 1. The number of hydrogen-bond acceptors (Lipinski definition) is 4. The summed E-state index contributed by atoms with van der Waals surface area (Å²) in [7, 11) is -3.44. The average molecular weight is 302 g/mol. The second-order valence-electron chi connectivity index (χ2n) is 5.19. The van der Waals surface area contributed by atoms with Crippen molar-refractivity contribution in [2.45, 2.75) is 39.7 Å². The fourth-order valence-electron chi connectivity index (χ4n) is 1.76. The Kier molecular flexibility index (Phi) is 5.70. The molecule has 3 N–H and O–H groups in total. The Bertz CT molecular complexity index is 551. The van der Waals surface area contributed by atoms with E-state index in [1.54, 1.807) is 6.07 Å². The molecule has 7 nitrogen and oxygen atoms in total. The van der Waals surface area contributed by atoms with Gasteiger partial charge in [0.15, 0.2) is 5.82 Å². The zero-order valence-corrected chi connectivity index (χ0v) is 13.0. The smallest absolute Gasteiger partial charge is 0.243 e. The fraction of sp³-hybridized carbons (Fsp3) is 0.667. The van der Waals surface area contributed by atoms with Crippen LogP contribution < -0.4 is 10.0 Å². The maximum Gasteiger partial charge on any atom is 0.243 e. The quantitative estimate of drug-likeness (QED) is 0.695. The van der Waals surface area contributed by atoms with Crippen LogP contribution in [0.4, 0.5) is 5.82 Å². The summed E-state index contributed by atoms with van der Waals surface area (Å²) in [6, 6.07) is 0.928. The summed E-state index contributed by atoms with van der Waals surface area (Å²) in [5.41, 5.74) is 0.900. The van der Waals surface area contributed by atoms with Crippen LogP contribution in [0.1, 0.15) is 32.9 Å². The van der Waals surface area contributed by atoms with E-state index in [9.17, 15) is 13.2 Å². The van der Waals surface area contributed by atoms with Crippen LogP contribution in [0.15, 0.2) is 6.07 Å². The van der Waals surface area contributed by atoms with Crippen LogP contribution in [0.5, 0.6) is 0 Å². The van der Waals surface area contributed by atoms with Crippen molar-refractivity contribution in [1.82, 2.24) is 14.9 Å². The normalized spacial score (nSPS) is 13.4. The Morgan fingerprint density at radius 2 is 2.10 bits per heavy atom. The van der Waals surface area contributed by atoms with Gasteiger partial charge in [-0.2, -0.15) is 5.10 Å². The van der Waals surface area contributed by atoms with Crippen molar-refractivity contribution in [3.05, 3.63) is 11.8 Å². The van der Waals surface area contributed by atoms with Crippen molar-refractivity contribution in [2.24, 2.45) is 5.92 Å². The largest absolute Gasteiger partial charge is 0.308 e. The molecule has 114 valence electrons. The van der Waals surface area contributed by atoms with E-state index in [1.165, 1.54) is 0 Å². The van der Waals surface area contributed by atoms with E-state index in [4.69, 9.17) is 0 Å². The Morgan fingerprint density at radius 1 is 1.45 bits per heavy atom. The predicted molar refractivity (Wildman–Crippen MR) is 77.8 cm³/mol. The lowest BCUT2D eigenvalue weighted by Crippen LogP contribution is -2.44. The molecule has 1 amide bonds. The number of nitrogens with one attached hydrogen (secondary N) is 3. The van der Waals surface area contributed by atoms with Crippen LogP contribution in [-0.2, 0) is 21.2 Å². The summed E-state index contributed by atoms with van der Waals surface area (Å²) >= 11 is 0.